The van der Waals surface area contributed by atoms with E-state index in [2.05, 4.69) is 25.1 Å². The van der Waals surface area contributed by atoms with Gasteiger partial charge in [-0.15, -0.1) is 0 Å². The van der Waals surface area contributed by atoms with E-state index in [4.69, 9.17) is 10.5 Å². The van der Waals surface area contributed by atoms with Crippen LogP contribution in [0.1, 0.15) is 65.1 Å². The van der Waals surface area contributed by atoms with Gasteiger partial charge in [-0.05, 0) is 39.5 Å². The molecule has 1 aromatic rings. The smallest absolute Gasteiger partial charge is 0.410 e. The molecule has 1 fully saturated rings. The molecule has 1 aliphatic heterocycles. The van der Waals surface area contributed by atoms with Crippen LogP contribution in [0.25, 0.3) is 0 Å². The number of likely N-dealkylation sites (tertiary alicyclic amines) is 1. The number of amides is 1. The van der Waals surface area contributed by atoms with Gasteiger partial charge in [-0.2, -0.15) is 5.10 Å². The second-order valence-electron chi connectivity index (χ2n) is 7.72. The van der Waals surface area contributed by atoms with E-state index in [9.17, 15) is 4.79 Å². The molecule has 0 bridgehead atoms. The summed E-state index contributed by atoms with van der Waals surface area (Å²) in [5.41, 5.74) is 6.81. The Balaban J connectivity index is 1.91. The van der Waals surface area contributed by atoms with Gasteiger partial charge in [0.25, 0.3) is 0 Å². The largest absolute Gasteiger partial charge is 0.444 e. The van der Waals surface area contributed by atoms with Crippen LogP contribution in [0.3, 0.4) is 0 Å². The van der Waals surface area contributed by atoms with Crippen molar-refractivity contribution >= 4 is 6.09 Å². The fourth-order valence-corrected chi connectivity index (χ4v) is 2.75. The van der Waals surface area contributed by atoms with Crippen molar-refractivity contribution in [3.8, 4) is 0 Å². The van der Waals surface area contributed by atoms with Crippen LogP contribution in [-0.2, 0) is 4.74 Å². The van der Waals surface area contributed by atoms with E-state index < -0.39 is 5.60 Å². The fraction of sp³-hybridized carbons (Fsp3) is 0.765. The zero-order valence-corrected chi connectivity index (χ0v) is 15.0. The molecule has 2 rings (SSSR count). The molecule has 0 aliphatic carbocycles. The number of carbonyl (C=O) groups is 1. The molecule has 0 aromatic carbocycles. The minimum absolute atomic E-state index is 0.0191. The van der Waals surface area contributed by atoms with Gasteiger partial charge in [0.15, 0.2) is 0 Å². The number of nitrogens with zero attached hydrogens (tertiary/aromatic N) is 3. The van der Waals surface area contributed by atoms with Crippen LogP contribution in [0.4, 0.5) is 4.79 Å². The highest BCUT2D eigenvalue weighted by atomic mass is 16.6. The molecule has 1 saturated heterocycles. The molecule has 2 N–H and O–H groups in total. The van der Waals surface area contributed by atoms with Gasteiger partial charge in [0.05, 0.1) is 12.2 Å². The van der Waals surface area contributed by atoms with Gasteiger partial charge < -0.3 is 15.4 Å². The van der Waals surface area contributed by atoms with E-state index in [0.717, 1.165) is 18.4 Å². The highest BCUT2D eigenvalue weighted by molar-refractivity contribution is 5.68. The molecule has 6 heteroatoms. The lowest BCUT2D eigenvalue weighted by Gasteiger charge is -2.33. The third-order valence-electron chi connectivity index (χ3n) is 4.21. The van der Waals surface area contributed by atoms with Crippen molar-refractivity contribution < 1.29 is 9.53 Å². The molecule has 23 heavy (non-hydrogen) atoms. The van der Waals surface area contributed by atoms with Gasteiger partial charge >= 0.3 is 6.09 Å². The molecule has 1 aromatic heterocycles. The van der Waals surface area contributed by atoms with Crippen molar-refractivity contribution in [2.75, 3.05) is 13.1 Å². The Morgan fingerprint density at radius 3 is 2.48 bits per heavy atom. The molecule has 130 valence electrons. The lowest BCUT2D eigenvalue weighted by atomic mass is 10.00. The summed E-state index contributed by atoms with van der Waals surface area (Å²) in [5, 5.41) is 4.47. The molecule has 0 spiro atoms. The summed E-state index contributed by atoms with van der Waals surface area (Å²) in [5.74, 6) is 0.390. The lowest BCUT2D eigenvalue weighted by Crippen LogP contribution is -2.42. The zero-order valence-electron chi connectivity index (χ0n) is 15.0. The van der Waals surface area contributed by atoms with E-state index in [1.165, 1.54) is 0 Å². The Kier molecular flexibility index (Phi) is 5.34. The van der Waals surface area contributed by atoms with Crippen LogP contribution < -0.4 is 5.73 Å². The SMILES string of the molecule is CC(C)C(N)c1cnn(C2CCN(C(=O)OC(C)(C)C)CC2)c1. The summed E-state index contributed by atoms with van der Waals surface area (Å²) in [7, 11) is 0. The molecular weight excluding hydrogens is 292 g/mol. The van der Waals surface area contributed by atoms with Crippen LogP contribution in [0.5, 0.6) is 0 Å². The Morgan fingerprint density at radius 2 is 1.96 bits per heavy atom. The van der Waals surface area contributed by atoms with Crippen molar-refractivity contribution in [3.63, 3.8) is 0 Å². The van der Waals surface area contributed by atoms with Crippen LogP contribution in [0, 0.1) is 5.92 Å². The molecule has 1 atom stereocenters. The summed E-state index contributed by atoms with van der Waals surface area (Å²) in [6.45, 7) is 11.3. The van der Waals surface area contributed by atoms with Crippen molar-refractivity contribution in [1.29, 1.82) is 0 Å². The van der Waals surface area contributed by atoms with Crippen LogP contribution in [0.2, 0.25) is 0 Å². The van der Waals surface area contributed by atoms with E-state index in [-0.39, 0.29) is 12.1 Å². The Morgan fingerprint density at radius 1 is 1.35 bits per heavy atom. The maximum absolute atomic E-state index is 12.1. The predicted octanol–water partition coefficient (Wildman–Crippen LogP) is 3.11. The first-order valence-electron chi connectivity index (χ1n) is 8.45. The zero-order chi connectivity index (χ0) is 17.2. The number of aromatic nitrogens is 2. The topological polar surface area (TPSA) is 73.4 Å². The van der Waals surface area contributed by atoms with Gasteiger partial charge in [0.2, 0.25) is 0 Å². The lowest BCUT2D eigenvalue weighted by molar-refractivity contribution is 0.0185. The van der Waals surface area contributed by atoms with Crippen molar-refractivity contribution in [1.82, 2.24) is 14.7 Å². The maximum atomic E-state index is 12.1. The number of ether oxygens (including phenoxy) is 1. The summed E-state index contributed by atoms with van der Waals surface area (Å²) in [6, 6.07) is 0.340. The molecular formula is C17H30N4O2. The average molecular weight is 322 g/mol. The third-order valence-corrected chi connectivity index (χ3v) is 4.21. The maximum Gasteiger partial charge on any atom is 0.410 e. The molecule has 2 heterocycles. The predicted molar refractivity (Wildman–Crippen MR) is 90.1 cm³/mol. The number of carbonyl (C=O) groups excluding carboxylic acids is 1. The minimum atomic E-state index is -0.447. The quantitative estimate of drug-likeness (QED) is 0.928. The Labute approximate surface area is 139 Å². The summed E-state index contributed by atoms with van der Waals surface area (Å²) in [4.78, 5) is 13.9. The van der Waals surface area contributed by atoms with Crippen LogP contribution >= 0.6 is 0 Å². The first kappa shape index (κ1) is 17.8. The van der Waals surface area contributed by atoms with Crippen molar-refractivity contribution in [3.05, 3.63) is 18.0 Å². The Bertz CT molecular complexity index is 525. The van der Waals surface area contributed by atoms with Gasteiger partial charge in [-0.3, -0.25) is 4.68 Å². The van der Waals surface area contributed by atoms with Crippen LogP contribution in [0.15, 0.2) is 12.4 Å². The molecule has 1 aliphatic rings. The van der Waals surface area contributed by atoms with Crippen molar-refractivity contribution in [2.45, 2.75) is 65.1 Å². The molecule has 1 amide bonds. The van der Waals surface area contributed by atoms with Gasteiger partial charge in [0.1, 0.15) is 5.60 Å². The monoisotopic (exact) mass is 322 g/mol. The normalized spacial score (nSPS) is 18.3. The molecule has 6 nitrogen and oxygen atoms in total. The third kappa shape index (κ3) is 4.70. The standard InChI is InChI=1S/C17H30N4O2/c1-12(2)15(18)13-10-19-21(11-13)14-6-8-20(9-7-14)16(22)23-17(3,4)5/h10-12,14-15H,6-9,18H2,1-5H3. The van der Waals surface area contributed by atoms with E-state index in [1.807, 2.05) is 31.6 Å². The molecule has 1 unspecified atom stereocenters. The second-order valence-corrected chi connectivity index (χ2v) is 7.72. The van der Waals surface area contributed by atoms with E-state index in [1.54, 1.807) is 4.90 Å². The van der Waals surface area contributed by atoms with E-state index in [0.29, 0.717) is 25.0 Å². The van der Waals surface area contributed by atoms with Gasteiger partial charge in [0, 0.05) is 30.9 Å². The highest BCUT2D eigenvalue weighted by Gasteiger charge is 2.28. The van der Waals surface area contributed by atoms with Gasteiger partial charge in [-0.25, -0.2) is 4.79 Å². The number of rotatable bonds is 3. The number of piperidine rings is 1. The second kappa shape index (κ2) is 6.91. The van der Waals surface area contributed by atoms with E-state index >= 15 is 0 Å². The summed E-state index contributed by atoms with van der Waals surface area (Å²) in [6.07, 6.45) is 5.47. The molecule has 0 radical (unpaired) electrons. The first-order chi connectivity index (χ1) is 10.7. The minimum Gasteiger partial charge on any atom is -0.444 e. The summed E-state index contributed by atoms with van der Waals surface area (Å²) < 4.78 is 7.43. The number of hydrogen-bond acceptors (Lipinski definition) is 4. The van der Waals surface area contributed by atoms with Gasteiger partial charge in [-0.1, -0.05) is 13.8 Å². The number of nitrogens with two attached hydrogens (primary N) is 1. The summed E-state index contributed by atoms with van der Waals surface area (Å²) >= 11 is 0. The Hall–Kier alpha value is -1.56. The number of hydrogen-bond donors (Lipinski definition) is 1. The fourth-order valence-electron chi connectivity index (χ4n) is 2.75. The van der Waals surface area contributed by atoms with Crippen LogP contribution in [-0.4, -0.2) is 39.5 Å². The average Bonchev–Trinajstić information content (AvgIpc) is 2.94. The first-order valence-corrected chi connectivity index (χ1v) is 8.45. The molecule has 0 saturated carbocycles. The highest BCUT2D eigenvalue weighted by Crippen LogP contribution is 2.25. The van der Waals surface area contributed by atoms with Crippen molar-refractivity contribution in [2.24, 2.45) is 11.7 Å².